The molecular weight excluding hydrogens is 394 g/mol. The van der Waals surface area contributed by atoms with Gasteiger partial charge >= 0.3 is 0 Å². The molecule has 0 spiro atoms. The number of nitrogens with one attached hydrogen (secondary N) is 2. The third kappa shape index (κ3) is 6.52. The van der Waals surface area contributed by atoms with Gasteiger partial charge in [0.15, 0.2) is 5.96 Å². The molecule has 2 aromatic rings. The molecule has 1 atom stereocenters. The zero-order valence-electron chi connectivity index (χ0n) is 18.7. The zero-order valence-corrected chi connectivity index (χ0v) is 19.5. The highest BCUT2D eigenvalue weighted by molar-refractivity contribution is 7.11. The molecule has 164 valence electrons. The summed E-state index contributed by atoms with van der Waals surface area (Å²) in [6.07, 6.45) is 0.911. The number of hydrogen-bond donors (Lipinski definition) is 2. The summed E-state index contributed by atoms with van der Waals surface area (Å²) in [7, 11) is 0. The zero-order chi connectivity index (χ0) is 21.3. The van der Waals surface area contributed by atoms with E-state index in [-0.39, 0.29) is 6.04 Å². The Labute approximate surface area is 184 Å². The molecule has 1 aromatic heterocycles. The van der Waals surface area contributed by atoms with Gasteiger partial charge in [-0.2, -0.15) is 0 Å². The molecule has 30 heavy (non-hydrogen) atoms. The van der Waals surface area contributed by atoms with Gasteiger partial charge in [0.1, 0.15) is 0 Å². The van der Waals surface area contributed by atoms with Crippen molar-refractivity contribution in [3.63, 3.8) is 0 Å². The number of aliphatic imine (C=N–C) groups is 1. The first kappa shape index (κ1) is 22.7. The second kappa shape index (κ2) is 11.4. The van der Waals surface area contributed by atoms with Crippen LogP contribution in [-0.4, -0.2) is 61.8 Å². The normalized spacial score (nSPS) is 16.5. The van der Waals surface area contributed by atoms with Crippen molar-refractivity contribution in [1.82, 2.24) is 20.5 Å². The van der Waals surface area contributed by atoms with Crippen molar-refractivity contribution in [3.05, 3.63) is 51.0 Å². The Hall–Kier alpha value is -1.96. The van der Waals surface area contributed by atoms with E-state index in [9.17, 15) is 0 Å². The van der Waals surface area contributed by atoms with Crippen LogP contribution in [0.1, 0.15) is 39.7 Å². The lowest BCUT2D eigenvalue weighted by atomic mass is 10.0. The Morgan fingerprint density at radius 2 is 1.90 bits per heavy atom. The molecule has 1 unspecified atom stereocenters. The van der Waals surface area contributed by atoms with Crippen LogP contribution in [0.4, 0.5) is 0 Å². The van der Waals surface area contributed by atoms with Gasteiger partial charge in [-0.15, -0.1) is 11.3 Å². The molecule has 1 aliphatic rings. The van der Waals surface area contributed by atoms with Gasteiger partial charge in [-0.1, -0.05) is 29.8 Å². The lowest BCUT2D eigenvalue weighted by Gasteiger charge is -2.34. The predicted molar refractivity (Wildman–Crippen MR) is 126 cm³/mol. The maximum absolute atomic E-state index is 5.57. The fourth-order valence-corrected chi connectivity index (χ4v) is 4.50. The van der Waals surface area contributed by atoms with E-state index in [1.807, 2.05) is 0 Å². The van der Waals surface area contributed by atoms with Crippen molar-refractivity contribution in [2.45, 2.75) is 40.2 Å². The molecule has 6 nitrogen and oxygen atoms in total. The number of nitrogens with zero attached hydrogens (tertiary/aromatic N) is 3. The van der Waals surface area contributed by atoms with Crippen LogP contribution in [0.15, 0.2) is 29.3 Å². The summed E-state index contributed by atoms with van der Waals surface area (Å²) in [5.74, 6) is 0.868. The third-order valence-electron chi connectivity index (χ3n) is 5.42. The number of ether oxygens (including phenoxy) is 1. The summed E-state index contributed by atoms with van der Waals surface area (Å²) < 4.78 is 5.57. The Balaban J connectivity index is 1.65. The Morgan fingerprint density at radius 3 is 2.53 bits per heavy atom. The molecule has 1 aromatic carbocycles. The molecule has 7 heteroatoms. The molecule has 0 saturated carbocycles. The van der Waals surface area contributed by atoms with E-state index in [1.54, 1.807) is 11.3 Å². The van der Waals surface area contributed by atoms with Crippen molar-refractivity contribution in [2.75, 3.05) is 45.9 Å². The van der Waals surface area contributed by atoms with Crippen molar-refractivity contribution in [2.24, 2.45) is 4.99 Å². The number of aryl methyl sites for hydroxylation is 3. The lowest BCUT2D eigenvalue weighted by molar-refractivity contribution is 0.0179. The Bertz CT molecular complexity index is 792. The number of hydrogen-bond acceptors (Lipinski definition) is 5. The third-order valence-corrected chi connectivity index (χ3v) is 6.55. The van der Waals surface area contributed by atoms with Gasteiger partial charge in [-0.3, -0.25) is 9.89 Å². The standard InChI is InChI=1S/C23H35N5OS/c1-5-24-23(25-11-10-22-27-18(3)19(4)30-22)26-16-21(28-12-14-29-15-13-28)20-8-6-17(2)7-9-20/h6-9,21H,5,10-16H2,1-4H3,(H2,24,25,26). The molecule has 2 heterocycles. The number of rotatable bonds is 8. The van der Waals surface area contributed by atoms with Gasteiger partial charge in [-0.25, -0.2) is 4.98 Å². The molecule has 0 amide bonds. The fraction of sp³-hybridized carbons (Fsp3) is 0.565. The first-order chi connectivity index (χ1) is 14.6. The number of thiazole rings is 1. The lowest BCUT2D eigenvalue weighted by Crippen LogP contribution is -2.42. The Morgan fingerprint density at radius 1 is 1.17 bits per heavy atom. The molecule has 0 aliphatic carbocycles. The van der Waals surface area contributed by atoms with Crippen LogP contribution in [0.25, 0.3) is 0 Å². The predicted octanol–water partition coefficient (Wildman–Crippen LogP) is 3.24. The average molecular weight is 430 g/mol. The van der Waals surface area contributed by atoms with E-state index in [0.29, 0.717) is 6.54 Å². The molecule has 2 N–H and O–H groups in total. The van der Waals surface area contributed by atoms with Gasteiger partial charge < -0.3 is 15.4 Å². The molecule has 3 rings (SSSR count). The summed E-state index contributed by atoms with van der Waals surface area (Å²) in [4.78, 5) is 13.4. The largest absolute Gasteiger partial charge is 0.379 e. The second-order valence-electron chi connectivity index (χ2n) is 7.72. The first-order valence-corrected chi connectivity index (χ1v) is 11.7. The van der Waals surface area contributed by atoms with Gasteiger partial charge in [0.25, 0.3) is 0 Å². The quantitative estimate of drug-likeness (QED) is 0.498. The Kier molecular flexibility index (Phi) is 8.66. The van der Waals surface area contributed by atoms with Crippen molar-refractivity contribution in [3.8, 4) is 0 Å². The van der Waals surface area contributed by atoms with Crippen LogP contribution in [0.3, 0.4) is 0 Å². The summed E-state index contributed by atoms with van der Waals surface area (Å²) in [6.45, 7) is 14.3. The van der Waals surface area contributed by atoms with Crippen LogP contribution in [0, 0.1) is 20.8 Å². The van der Waals surface area contributed by atoms with E-state index in [1.165, 1.54) is 21.0 Å². The minimum atomic E-state index is 0.259. The van der Waals surface area contributed by atoms with Gasteiger partial charge in [0.2, 0.25) is 0 Å². The highest BCUT2D eigenvalue weighted by Gasteiger charge is 2.22. The van der Waals surface area contributed by atoms with E-state index in [2.05, 4.69) is 72.5 Å². The summed E-state index contributed by atoms with van der Waals surface area (Å²) in [5, 5.41) is 8.04. The summed E-state index contributed by atoms with van der Waals surface area (Å²) >= 11 is 1.78. The molecule has 1 saturated heterocycles. The maximum atomic E-state index is 5.57. The van der Waals surface area contributed by atoms with Gasteiger partial charge in [0.05, 0.1) is 36.5 Å². The smallest absolute Gasteiger partial charge is 0.191 e. The second-order valence-corrected chi connectivity index (χ2v) is 9.01. The SMILES string of the molecule is CCNC(=NCC(c1ccc(C)cc1)N1CCOCC1)NCCc1nc(C)c(C)s1. The van der Waals surface area contributed by atoms with Crippen LogP contribution < -0.4 is 10.6 Å². The first-order valence-electron chi connectivity index (χ1n) is 10.9. The van der Waals surface area contributed by atoms with E-state index >= 15 is 0 Å². The molecule has 1 aliphatic heterocycles. The molecular formula is C23H35N5OS. The van der Waals surface area contributed by atoms with E-state index in [4.69, 9.17) is 9.73 Å². The fourth-order valence-electron chi connectivity index (χ4n) is 3.56. The maximum Gasteiger partial charge on any atom is 0.191 e. The van der Waals surface area contributed by atoms with Crippen molar-refractivity contribution >= 4 is 17.3 Å². The van der Waals surface area contributed by atoms with Crippen LogP contribution in [0.2, 0.25) is 0 Å². The highest BCUT2D eigenvalue weighted by atomic mass is 32.1. The van der Waals surface area contributed by atoms with Gasteiger partial charge in [-0.05, 0) is 33.3 Å². The summed E-state index contributed by atoms with van der Waals surface area (Å²) in [6, 6.07) is 9.10. The highest BCUT2D eigenvalue weighted by Crippen LogP contribution is 2.23. The van der Waals surface area contributed by atoms with E-state index in [0.717, 1.165) is 57.5 Å². The number of morpholine rings is 1. The number of aromatic nitrogens is 1. The topological polar surface area (TPSA) is 61.8 Å². The van der Waals surface area contributed by atoms with Crippen molar-refractivity contribution in [1.29, 1.82) is 0 Å². The van der Waals surface area contributed by atoms with E-state index < -0.39 is 0 Å². The van der Waals surface area contributed by atoms with Crippen LogP contribution in [-0.2, 0) is 11.2 Å². The minimum absolute atomic E-state index is 0.259. The minimum Gasteiger partial charge on any atom is -0.379 e. The van der Waals surface area contributed by atoms with Crippen LogP contribution in [0.5, 0.6) is 0 Å². The van der Waals surface area contributed by atoms with Gasteiger partial charge in [0, 0.05) is 37.5 Å². The average Bonchev–Trinajstić information content (AvgIpc) is 3.07. The van der Waals surface area contributed by atoms with Crippen LogP contribution >= 0.6 is 11.3 Å². The molecule has 0 bridgehead atoms. The molecule has 0 radical (unpaired) electrons. The monoisotopic (exact) mass is 429 g/mol. The van der Waals surface area contributed by atoms with Crippen molar-refractivity contribution < 1.29 is 4.74 Å². The number of benzene rings is 1. The summed E-state index contributed by atoms with van der Waals surface area (Å²) in [5.41, 5.74) is 3.74. The number of guanidine groups is 1. The molecule has 1 fully saturated rings.